The molecule has 2 aromatic heterocycles. The van der Waals surface area contributed by atoms with Crippen molar-refractivity contribution in [2.45, 2.75) is 6.42 Å². The van der Waals surface area contributed by atoms with Crippen molar-refractivity contribution in [3.63, 3.8) is 0 Å². The summed E-state index contributed by atoms with van der Waals surface area (Å²) in [6.45, 7) is 0. The lowest BCUT2D eigenvalue weighted by molar-refractivity contribution is 0.373. The van der Waals surface area contributed by atoms with Gasteiger partial charge in [-0.1, -0.05) is 35.0 Å². The summed E-state index contributed by atoms with van der Waals surface area (Å²) in [7, 11) is 0. The van der Waals surface area contributed by atoms with Crippen LogP contribution in [0.2, 0.25) is 5.02 Å². The van der Waals surface area contributed by atoms with Crippen LogP contribution in [0.15, 0.2) is 57.5 Å². The number of benzene rings is 2. The molecule has 2 heterocycles. The fourth-order valence-electron chi connectivity index (χ4n) is 2.27. The van der Waals surface area contributed by atoms with Crippen molar-refractivity contribution in [1.29, 1.82) is 0 Å². The van der Waals surface area contributed by atoms with Crippen molar-refractivity contribution in [2.24, 2.45) is 0 Å². The second-order valence-electron chi connectivity index (χ2n) is 5.18. The van der Waals surface area contributed by atoms with E-state index in [2.05, 4.69) is 20.3 Å². The maximum Gasteiger partial charge on any atom is 0.247 e. The molecule has 4 aromatic rings. The zero-order chi connectivity index (χ0) is 17.2. The van der Waals surface area contributed by atoms with Crippen LogP contribution in [-0.2, 0) is 6.42 Å². The maximum absolute atomic E-state index is 13.8. The van der Waals surface area contributed by atoms with E-state index in [1.807, 2.05) is 6.07 Å². The first kappa shape index (κ1) is 15.5. The molecule has 0 saturated carbocycles. The Morgan fingerprint density at radius 1 is 1.00 bits per heavy atom. The second-order valence-corrected chi connectivity index (χ2v) is 5.62. The van der Waals surface area contributed by atoms with E-state index >= 15 is 0 Å². The minimum absolute atomic E-state index is 0.148. The highest BCUT2D eigenvalue weighted by Gasteiger charge is 2.16. The lowest BCUT2D eigenvalue weighted by Gasteiger charge is -1.95. The fourth-order valence-corrected chi connectivity index (χ4v) is 2.46. The molecule has 0 fully saturated rings. The van der Waals surface area contributed by atoms with E-state index < -0.39 is 5.82 Å². The van der Waals surface area contributed by atoms with Gasteiger partial charge in [0.25, 0.3) is 0 Å². The largest absolute Gasteiger partial charge is 0.420 e. The van der Waals surface area contributed by atoms with Gasteiger partial charge in [0.2, 0.25) is 23.5 Å². The third kappa shape index (κ3) is 3.27. The number of rotatable bonds is 4. The number of halogens is 2. The van der Waals surface area contributed by atoms with Crippen LogP contribution in [-0.4, -0.2) is 20.3 Å². The van der Waals surface area contributed by atoms with E-state index in [4.69, 9.17) is 20.5 Å². The number of hydrogen-bond donors (Lipinski definition) is 0. The first-order valence-corrected chi connectivity index (χ1v) is 7.72. The zero-order valence-corrected chi connectivity index (χ0v) is 13.4. The molecule has 0 bridgehead atoms. The van der Waals surface area contributed by atoms with Crippen molar-refractivity contribution in [1.82, 2.24) is 20.3 Å². The molecule has 0 atom stereocenters. The predicted octanol–water partition coefficient (Wildman–Crippen LogP) is 4.17. The quantitative estimate of drug-likeness (QED) is 0.546. The fraction of sp³-hybridized carbons (Fsp3) is 0.0588. The lowest BCUT2D eigenvalue weighted by atomic mass is 10.2. The maximum atomic E-state index is 13.8. The Morgan fingerprint density at radius 3 is 2.72 bits per heavy atom. The van der Waals surface area contributed by atoms with Crippen LogP contribution < -0.4 is 0 Å². The molecule has 0 amide bonds. The van der Waals surface area contributed by atoms with Crippen LogP contribution in [0.25, 0.3) is 22.8 Å². The smallest absolute Gasteiger partial charge is 0.247 e. The molecule has 0 N–H and O–H groups in total. The van der Waals surface area contributed by atoms with Crippen molar-refractivity contribution in [3.05, 3.63) is 71.2 Å². The van der Waals surface area contributed by atoms with Gasteiger partial charge in [-0.25, -0.2) is 4.39 Å². The second kappa shape index (κ2) is 6.45. The summed E-state index contributed by atoms with van der Waals surface area (Å²) < 4.78 is 24.5. The molecule has 0 radical (unpaired) electrons. The molecule has 0 unspecified atom stereocenters. The molecular formula is C17H10ClFN4O2. The van der Waals surface area contributed by atoms with Crippen LogP contribution >= 0.6 is 11.6 Å². The van der Waals surface area contributed by atoms with Crippen molar-refractivity contribution >= 4 is 11.6 Å². The Balaban J connectivity index is 1.55. The molecule has 124 valence electrons. The van der Waals surface area contributed by atoms with Crippen LogP contribution in [0.3, 0.4) is 0 Å². The van der Waals surface area contributed by atoms with E-state index in [0.29, 0.717) is 22.4 Å². The molecule has 2 aromatic carbocycles. The van der Waals surface area contributed by atoms with E-state index in [-0.39, 0.29) is 23.7 Å². The molecule has 6 nitrogen and oxygen atoms in total. The van der Waals surface area contributed by atoms with Crippen LogP contribution in [0.5, 0.6) is 0 Å². The zero-order valence-electron chi connectivity index (χ0n) is 12.7. The van der Waals surface area contributed by atoms with Crippen LogP contribution in [0.1, 0.15) is 11.8 Å². The summed E-state index contributed by atoms with van der Waals surface area (Å²) in [6.07, 6.45) is 0.148. The van der Waals surface area contributed by atoms with Gasteiger partial charge in [0, 0.05) is 10.6 Å². The highest BCUT2D eigenvalue weighted by Crippen LogP contribution is 2.23. The predicted molar refractivity (Wildman–Crippen MR) is 87.2 cm³/mol. The Morgan fingerprint density at radius 2 is 1.88 bits per heavy atom. The Hall–Kier alpha value is -3.06. The van der Waals surface area contributed by atoms with E-state index in [1.54, 1.807) is 36.4 Å². The molecule has 8 heteroatoms. The van der Waals surface area contributed by atoms with Crippen LogP contribution in [0, 0.1) is 5.82 Å². The first-order valence-electron chi connectivity index (χ1n) is 7.35. The van der Waals surface area contributed by atoms with Gasteiger partial charge in [-0.2, -0.15) is 4.98 Å². The monoisotopic (exact) mass is 356 g/mol. The van der Waals surface area contributed by atoms with Gasteiger partial charge in [-0.15, -0.1) is 10.2 Å². The summed E-state index contributed by atoms with van der Waals surface area (Å²) >= 11 is 5.95. The topological polar surface area (TPSA) is 77.8 Å². The molecule has 0 aliphatic heterocycles. The Labute approximate surface area is 146 Å². The summed E-state index contributed by atoms with van der Waals surface area (Å²) in [4.78, 5) is 4.17. The summed E-state index contributed by atoms with van der Waals surface area (Å²) in [6, 6.07) is 13.3. The molecule has 25 heavy (non-hydrogen) atoms. The minimum atomic E-state index is -0.420. The van der Waals surface area contributed by atoms with E-state index in [0.717, 1.165) is 0 Å². The lowest BCUT2D eigenvalue weighted by Crippen LogP contribution is -1.90. The summed E-state index contributed by atoms with van der Waals surface area (Å²) in [5, 5.41) is 12.3. The molecule has 4 rings (SSSR count). The molecule has 0 spiro atoms. The van der Waals surface area contributed by atoms with Gasteiger partial charge >= 0.3 is 0 Å². The number of hydrogen-bond acceptors (Lipinski definition) is 6. The van der Waals surface area contributed by atoms with Gasteiger partial charge < -0.3 is 8.94 Å². The van der Waals surface area contributed by atoms with Crippen molar-refractivity contribution < 1.29 is 13.3 Å². The van der Waals surface area contributed by atoms with Gasteiger partial charge in [0.15, 0.2) is 0 Å². The highest BCUT2D eigenvalue weighted by molar-refractivity contribution is 6.30. The SMILES string of the molecule is Fc1ccccc1-c1noc(Cc2nnc(-c3cccc(Cl)c3)o2)n1. The number of aromatic nitrogens is 4. The first-order chi connectivity index (χ1) is 12.2. The van der Waals surface area contributed by atoms with E-state index in [1.165, 1.54) is 6.07 Å². The molecule has 0 aliphatic rings. The standard InChI is InChI=1S/C17H10ClFN4O2/c18-11-5-3-4-10(8-11)17-22-21-15(24-17)9-14-20-16(23-25-14)12-6-1-2-7-13(12)19/h1-8H,9H2. The third-order valence-corrected chi connectivity index (χ3v) is 3.66. The number of nitrogens with zero attached hydrogens (tertiary/aromatic N) is 4. The van der Waals surface area contributed by atoms with Crippen LogP contribution in [0.4, 0.5) is 4.39 Å². The van der Waals surface area contributed by atoms with Crippen molar-refractivity contribution in [2.75, 3.05) is 0 Å². The minimum Gasteiger partial charge on any atom is -0.420 e. The van der Waals surface area contributed by atoms with Gasteiger partial charge in [-0.05, 0) is 30.3 Å². The van der Waals surface area contributed by atoms with Gasteiger partial charge in [0.05, 0.1) is 5.56 Å². The molecule has 0 saturated heterocycles. The summed E-state index contributed by atoms with van der Waals surface area (Å²) in [5.41, 5.74) is 0.978. The van der Waals surface area contributed by atoms with Gasteiger partial charge in [-0.3, -0.25) is 0 Å². The van der Waals surface area contributed by atoms with Gasteiger partial charge in [0.1, 0.15) is 12.2 Å². The normalized spacial score (nSPS) is 11.0. The van der Waals surface area contributed by atoms with Crippen molar-refractivity contribution in [3.8, 4) is 22.8 Å². The Kier molecular flexibility index (Phi) is 3.99. The average Bonchev–Trinajstić information content (AvgIpc) is 3.25. The third-order valence-electron chi connectivity index (χ3n) is 3.42. The summed E-state index contributed by atoms with van der Waals surface area (Å²) in [5.74, 6) is 0.642. The highest BCUT2D eigenvalue weighted by atomic mass is 35.5. The Bertz CT molecular complexity index is 1030. The van der Waals surface area contributed by atoms with E-state index in [9.17, 15) is 4.39 Å². The molecular weight excluding hydrogens is 347 g/mol. The molecule has 0 aliphatic carbocycles. The average molecular weight is 357 g/mol.